The van der Waals surface area contributed by atoms with Crippen LogP contribution in [0.5, 0.6) is 0 Å². The Bertz CT molecular complexity index is 8.00. The first-order valence-electron chi connectivity index (χ1n) is 0. The maximum absolute atomic E-state index is 0. The molecule has 0 bridgehead atoms. The van der Waals surface area contributed by atoms with E-state index in [0.29, 0.717) is 0 Å². The van der Waals surface area contributed by atoms with Gasteiger partial charge in [0.1, 0.15) is 0 Å². The molecule has 13 valence electrons. The van der Waals surface area contributed by atoms with Gasteiger partial charge < -0.3 is 0 Å². The van der Waals surface area contributed by atoms with E-state index in [0.717, 1.165) is 0 Å². The molecule has 0 unspecified atom stereocenters. The zero-order chi connectivity index (χ0) is 0. The summed E-state index contributed by atoms with van der Waals surface area (Å²) in [6.07, 6.45) is 0. The molecule has 0 fully saturated rings. The van der Waals surface area contributed by atoms with Crippen molar-refractivity contribution in [2.45, 2.75) is 0 Å². The fourth-order valence-electron chi connectivity index (χ4n) is 0. The fourth-order valence-corrected chi connectivity index (χ4v) is 0. The van der Waals surface area contributed by atoms with Crippen LogP contribution >= 0.6 is 9.90 Å². The summed E-state index contributed by atoms with van der Waals surface area (Å²) in [5, 5.41) is 0. The predicted octanol–water partition coefficient (Wildman–Crippen LogP) is 0.475. The molecule has 0 N–H and O–H groups in total. The van der Waals surface area contributed by atoms with Crippen LogP contribution in [0.15, 0.2) is 0 Å². The summed E-state index contributed by atoms with van der Waals surface area (Å²) in [6.45, 7) is 0. The molecule has 0 aliphatic carbocycles. The first kappa shape index (κ1) is 31.3. The molecule has 0 amide bonds. The third kappa shape index (κ3) is 8.82. The fraction of sp³-hybridized carbons (Fsp3) is 0. The van der Waals surface area contributed by atoms with Crippen LogP contribution in [0.3, 0.4) is 0 Å². The second-order valence-electron chi connectivity index (χ2n) is 0. The second kappa shape index (κ2) is 17.8. The second-order valence-corrected chi connectivity index (χ2v) is 0. The van der Waals surface area contributed by atoms with Gasteiger partial charge in [-0.2, -0.15) is 0 Å². The molecule has 4 heavy (non-hydrogen) atoms. The Kier molecular flexibility index (Phi) is 139. The number of hydrogen-bond acceptors (Lipinski definition) is 0. The minimum absolute atomic E-state index is 0. The molecule has 0 rings (SSSR count). The minimum Gasteiger partial charge on any atom is 0 e. The van der Waals surface area contributed by atoms with Gasteiger partial charge in [-0.25, -0.2) is 0 Å². The smallest absolute Gasteiger partial charge is 0 e. The summed E-state index contributed by atoms with van der Waals surface area (Å²) in [6, 6.07) is 0. The van der Waals surface area contributed by atoms with E-state index in [1.165, 1.54) is 0 Å². The summed E-state index contributed by atoms with van der Waals surface area (Å²) < 4.78 is 0. The van der Waals surface area contributed by atoms with Gasteiger partial charge in [-0.1, -0.05) is 0 Å². The number of rotatable bonds is 0. The Morgan fingerprint density at radius 1 is 1.00 bits per heavy atom. The summed E-state index contributed by atoms with van der Waals surface area (Å²) >= 11 is 0. The summed E-state index contributed by atoms with van der Waals surface area (Å²) in [5.41, 5.74) is 0. The van der Waals surface area contributed by atoms with Crippen molar-refractivity contribution >= 4 is 27.5 Å². The van der Waals surface area contributed by atoms with E-state index in [9.17, 15) is 0 Å². The van der Waals surface area contributed by atoms with E-state index in [-0.39, 0.29) is 74.3 Å². The van der Waals surface area contributed by atoms with Crippen LogP contribution in [0.1, 0.15) is 0 Å². The maximum atomic E-state index is 0. The molecule has 0 aromatic heterocycles. The zero-order valence-electron chi connectivity index (χ0n) is 2.36. The van der Waals surface area contributed by atoms with Crippen molar-refractivity contribution in [1.29, 1.82) is 0 Å². The Labute approximate surface area is 73.4 Å². The van der Waals surface area contributed by atoms with Crippen LogP contribution in [0.25, 0.3) is 0 Å². The molecule has 0 heterocycles. The third-order valence-electron chi connectivity index (χ3n) is 0. The largest absolute Gasteiger partial charge is 0 e. The molecular weight excluding hydrogens is 281 g/mol. The predicted molar refractivity (Wildman–Crippen MR) is 12.7 cm³/mol. The van der Waals surface area contributed by atoms with Gasteiger partial charge in [-0.3, -0.25) is 0 Å². The van der Waals surface area contributed by atoms with E-state index < -0.39 is 0 Å². The molecule has 0 aliphatic heterocycles. The van der Waals surface area contributed by atoms with Crippen LogP contribution in [-0.2, 0) is 46.8 Å². The van der Waals surface area contributed by atoms with Crippen molar-refractivity contribution in [1.82, 2.24) is 0 Å². The first-order chi connectivity index (χ1) is 0. The normalized spacial score (nSPS) is 0. The molecule has 4 heteroatoms. The molecule has 0 atom stereocenters. The first-order valence-corrected chi connectivity index (χ1v) is 0. The van der Waals surface area contributed by atoms with Crippen LogP contribution in [0.4, 0.5) is 0 Å². The van der Waals surface area contributed by atoms with Gasteiger partial charge in [0.25, 0.3) is 0 Å². The summed E-state index contributed by atoms with van der Waals surface area (Å²) in [4.78, 5) is 0. The molecule has 0 nitrogen and oxygen atoms in total. The molecule has 0 spiro atoms. The van der Waals surface area contributed by atoms with Crippen LogP contribution < -0.4 is 0 Å². The third-order valence-corrected chi connectivity index (χ3v) is 0. The molecule has 0 aliphatic rings. The Hall–Kier alpha value is 2.52. The van der Waals surface area contributed by atoms with Gasteiger partial charge in [-0.05, 0) is 0 Å². The zero-order valence-corrected chi connectivity index (χ0v) is 12.4. The average molecular weight is 281 g/mol. The topological polar surface area (TPSA) is 0 Å². The summed E-state index contributed by atoms with van der Waals surface area (Å²) in [7, 11) is 0. The molecule has 0 saturated carbocycles. The molecule has 0 aromatic carbocycles. The van der Waals surface area contributed by atoms with Crippen LogP contribution in [0.2, 0.25) is 0 Å². The van der Waals surface area contributed by atoms with Crippen molar-refractivity contribution in [3.63, 3.8) is 0 Å². The quantitative estimate of drug-likeness (QED) is 0.447. The number of hydrogen-bond donors (Lipinski definition) is 0. The standard InChI is InChI=1S/Cd.Ge.P.Zn. The Morgan fingerprint density at radius 3 is 1.00 bits per heavy atom. The van der Waals surface area contributed by atoms with E-state index in [4.69, 9.17) is 0 Å². The summed E-state index contributed by atoms with van der Waals surface area (Å²) in [5.74, 6) is 0. The van der Waals surface area contributed by atoms with Crippen LogP contribution in [0, 0.1) is 0 Å². The van der Waals surface area contributed by atoms with Gasteiger partial charge in [0, 0.05) is 74.3 Å². The van der Waals surface area contributed by atoms with Crippen molar-refractivity contribution < 1.29 is 46.8 Å². The molecular formula is CdGePZn. The Balaban J connectivity index is 0. The van der Waals surface area contributed by atoms with Gasteiger partial charge in [-0.15, -0.1) is 0 Å². The maximum Gasteiger partial charge on any atom is 0 e. The van der Waals surface area contributed by atoms with Crippen molar-refractivity contribution in [2.24, 2.45) is 0 Å². The van der Waals surface area contributed by atoms with E-state index in [1.807, 2.05) is 0 Å². The van der Waals surface area contributed by atoms with Gasteiger partial charge >= 0.3 is 0 Å². The van der Waals surface area contributed by atoms with Crippen molar-refractivity contribution in [3.05, 3.63) is 0 Å². The van der Waals surface area contributed by atoms with Gasteiger partial charge in [0.05, 0.1) is 0 Å². The van der Waals surface area contributed by atoms with Crippen LogP contribution in [-0.4, -0.2) is 17.6 Å². The monoisotopic (exact) mass is 283 g/mol. The van der Waals surface area contributed by atoms with Gasteiger partial charge in [0.2, 0.25) is 0 Å². The Morgan fingerprint density at radius 2 is 1.00 bits per heavy atom. The van der Waals surface area contributed by atoms with E-state index in [2.05, 4.69) is 0 Å². The van der Waals surface area contributed by atoms with Crippen molar-refractivity contribution in [3.8, 4) is 0 Å². The minimum atomic E-state index is 0. The van der Waals surface area contributed by atoms with Gasteiger partial charge in [0.15, 0.2) is 0 Å². The molecule has 0 aromatic rings. The van der Waals surface area contributed by atoms with E-state index >= 15 is 0 Å². The van der Waals surface area contributed by atoms with Crippen molar-refractivity contribution in [2.75, 3.05) is 0 Å². The average Bonchev–Trinajstić information content (AvgIpc) is 0. The molecule has 0 saturated heterocycles. The SMILES string of the molecule is [Cd].[Ge].[P].[Zn]. The van der Waals surface area contributed by atoms with E-state index in [1.54, 1.807) is 0 Å². The molecule has 7 radical (unpaired) electrons.